The zero-order valence-electron chi connectivity index (χ0n) is 21.1. The molecule has 1 aromatic heterocycles. The van der Waals surface area contributed by atoms with Gasteiger partial charge in [0, 0.05) is 25.3 Å². The van der Waals surface area contributed by atoms with Crippen molar-refractivity contribution in [3.8, 4) is 22.8 Å². The van der Waals surface area contributed by atoms with E-state index >= 15 is 0 Å². The Kier molecular flexibility index (Phi) is 6.33. The summed E-state index contributed by atoms with van der Waals surface area (Å²) in [7, 11) is -2.03. The van der Waals surface area contributed by atoms with Crippen molar-refractivity contribution in [2.75, 3.05) is 32.4 Å². The standard InChI is InChI=1S/C28H29N3O6S/c1-35-17-21-4-3-15-31(21)38(33,34)22-10-7-19(8-11-22)23-5-2-6-26(29-23)30-27(32)28(13-14-28)20-9-12-24-25(16-20)37-18-36-24/h2,5-12,16,21H,3-4,13-15,17-18H2,1H3,(H,29,30,32)/t21-/m0/s1. The van der Waals surface area contributed by atoms with Crippen molar-refractivity contribution in [2.24, 2.45) is 0 Å². The number of nitrogens with zero attached hydrogens (tertiary/aromatic N) is 2. The number of carbonyl (C=O) groups is 1. The molecule has 1 saturated heterocycles. The lowest BCUT2D eigenvalue weighted by molar-refractivity contribution is -0.118. The third-order valence-electron chi connectivity index (χ3n) is 7.54. The predicted molar refractivity (Wildman–Crippen MR) is 141 cm³/mol. The van der Waals surface area contributed by atoms with Crippen molar-refractivity contribution in [1.29, 1.82) is 0 Å². The van der Waals surface area contributed by atoms with Gasteiger partial charge in [-0.2, -0.15) is 4.31 Å². The Labute approximate surface area is 221 Å². The summed E-state index contributed by atoms with van der Waals surface area (Å²) in [5.41, 5.74) is 1.69. The van der Waals surface area contributed by atoms with Gasteiger partial charge in [-0.3, -0.25) is 4.79 Å². The smallest absolute Gasteiger partial charge is 0.243 e. The maximum absolute atomic E-state index is 13.3. The van der Waals surface area contributed by atoms with E-state index in [1.807, 2.05) is 30.3 Å². The SMILES string of the molecule is COC[C@@H]1CCCN1S(=O)(=O)c1ccc(-c2cccc(NC(=O)C3(c4ccc5c(c4)OCO5)CC3)n2)cc1. The van der Waals surface area contributed by atoms with Gasteiger partial charge in [0.15, 0.2) is 11.5 Å². The lowest BCUT2D eigenvalue weighted by Crippen LogP contribution is -2.38. The average Bonchev–Trinajstić information content (AvgIpc) is 3.37. The maximum Gasteiger partial charge on any atom is 0.243 e. The van der Waals surface area contributed by atoms with Crippen molar-refractivity contribution < 1.29 is 27.4 Å². The second-order valence-corrected chi connectivity index (χ2v) is 11.8. The summed E-state index contributed by atoms with van der Waals surface area (Å²) >= 11 is 0. The number of hydrogen-bond acceptors (Lipinski definition) is 7. The number of carbonyl (C=O) groups excluding carboxylic acids is 1. The Morgan fingerprint density at radius 1 is 1.11 bits per heavy atom. The number of sulfonamides is 1. The van der Waals surface area contributed by atoms with Crippen LogP contribution in [-0.4, -0.2) is 56.7 Å². The zero-order chi connectivity index (χ0) is 26.3. The highest BCUT2D eigenvalue weighted by Gasteiger charge is 2.51. The van der Waals surface area contributed by atoms with Crippen LogP contribution in [0.5, 0.6) is 11.5 Å². The molecular weight excluding hydrogens is 506 g/mol. The lowest BCUT2D eigenvalue weighted by atomic mass is 9.94. The number of pyridine rings is 1. The number of rotatable bonds is 8. The Hall–Kier alpha value is -3.47. The molecule has 3 heterocycles. The van der Waals surface area contributed by atoms with E-state index in [4.69, 9.17) is 14.2 Å². The second kappa shape index (κ2) is 9.68. The molecule has 38 heavy (non-hydrogen) atoms. The molecule has 3 aromatic rings. The normalized spacial score (nSPS) is 19.9. The minimum atomic E-state index is -3.61. The van der Waals surface area contributed by atoms with Gasteiger partial charge < -0.3 is 19.5 Å². The van der Waals surface area contributed by atoms with E-state index in [0.29, 0.717) is 36.2 Å². The van der Waals surface area contributed by atoms with Crippen LogP contribution in [0.4, 0.5) is 5.82 Å². The van der Waals surface area contributed by atoms with Crippen LogP contribution in [0.2, 0.25) is 0 Å². The summed E-state index contributed by atoms with van der Waals surface area (Å²) in [5.74, 6) is 1.67. The monoisotopic (exact) mass is 535 g/mol. The lowest BCUT2D eigenvalue weighted by Gasteiger charge is -2.23. The molecule has 1 aliphatic carbocycles. The molecule has 1 N–H and O–H groups in total. The molecule has 10 heteroatoms. The molecule has 3 aliphatic rings. The van der Waals surface area contributed by atoms with Crippen LogP contribution in [0, 0.1) is 0 Å². The van der Waals surface area contributed by atoms with Crippen molar-refractivity contribution in [3.63, 3.8) is 0 Å². The average molecular weight is 536 g/mol. The fourth-order valence-electron chi connectivity index (χ4n) is 5.28. The van der Waals surface area contributed by atoms with Crippen LogP contribution < -0.4 is 14.8 Å². The topological polar surface area (TPSA) is 107 Å². The minimum absolute atomic E-state index is 0.112. The molecule has 2 aromatic carbocycles. The van der Waals surface area contributed by atoms with E-state index < -0.39 is 15.4 Å². The zero-order valence-corrected chi connectivity index (χ0v) is 21.9. The first-order valence-corrected chi connectivity index (χ1v) is 14.1. The molecule has 1 amide bonds. The van der Waals surface area contributed by atoms with E-state index in [9.17, 15) is 13.2 Å². The molecule has 2 fully saturated rings. The van der Waals surface area contributed by atoms with Gasteiger partial charge in [-0.05, 0) is 67.6 Å². The van der Waals surface area contributed by atoms with Crippen molar-refractivity contribution in [3.05, 3.63) is 66.2 Å². The Morgan fingerprint density at radius 3 is 2.66 bits per heavy atom. The van der Waals surface area contributed by atoms with Crippen LogP contribution >= 0.6 is 0 Å². The molecule has 9 nitrogen and oxygen atoms in total. The number of fused-ring (bicyclic) bond motifs is 1. The largest absolute Gasteiger partial charge is 0.454 e. The summed E-state index contributed by atoms with van der Waals surface area (Å²) < 4.78 is 44.1. The minimum Gasteiger partial charge on any atom is -0.454 e. The molecule has 198 valence electrons. The number of hydrogen-bond donors (Lipinski definition) is 1. The highest BCUT2D eigenvalue weighted by atomic mass is 32.2. The fourth-order valence-corrected chi connectivity index (χ4v) is 6.96. The Balaban J connectivity index is 1.18. The number of ether oxygens (including phenoxy) is 3. The van der Waals surface area contributed by atoms with Gasteiger partial charge in [0.1, 0.15) is 5.82 Å². The summed E-state index contributed by atoms with van der Waals surface area (Å²) in [5, 5.41) is 2.97. The molecule has 0 unspecified atom stereocenters. The molecule has 1 saturated carbocycles. The molecule has 2 aliphatic heterocycles. The maximum atomic E-state index is 13.3. The molecule has 0 bridgehead atoms. The molecular formula is C28H29N3O6S. The summed E-state index contributed by atoms with van der Waals surface area (Å²) in [6, 6.07) is 17.6. The first-order valence-electron chi connectivity index (χ1n) is 12.7. The van der Waals surface area contributed by atoms with Crippen molar-refractivity contribution in [1.82, 2.24) is 9.29 Å². The first kappa shape index (κ1) is 24.8. The van der Waals surface area contributed by atoms with Crippen LogP contribution in [0.1, 0.15) is 31.2 Å². The Morgan fingerprint density at radius 2 is 1.89 bits per heavy atom. The third-order valence-corrected chi connectivity index (χ3v) is 9.51. The van der Waals surface area contributed by atoms with Gasteiger partial charge in [-0.15, -0.1) is 0 Å². The van der Waals surface area contributed by atoms with Gasteiger partial charge in [-0.25, -0.2) is 13.4 Å². The van der Waals surface area contributed by atoms with Crippen molar-refractivity contribution in [2.45, 2.75) is 42.0 Å². The molecule has 0 radical (unpaired) electrons. The highest BCUT2D eigenvalue weighted by molar-refractivity contribution is 7.89. The first-order chi connectivity index (χ1) is 18.4. The number of anilines is 1. The molecule has 0 spiro atoms. The van der Waals surface area contributed by atoms with Gasteiger partial charge in [0.2, 0.25) is 22.7 Å². The Bertz CT molecular complexity index is 1470. The second-order valence-electron chi connectivity index (χ2n) is 9.90. The third kappa shape index (κ3) is 4.42. The van der Waals surface area contributed by atoms with Crippen LogP contribution in [-0.2, 0) is 25.0 Å². The summed E-state index contributed by atoms with van der Waals surface area (Å²) in [6.07, 6.45) is 3.11. The molecule has 1 atom stereocenters. The summed E-state index contributed by atoms with van der Waals surface area (Å²) in [4.78, 5) is 18.2. The van der Waals surface area contributed by atoms with Crippen LogP contribution in [0.3, 0.4) is 0 Å². The van der Waals surface area contributed by atoms with E-state index in [2.05, 4.69) is 10.3 Å². The van der Waals surface area contributed by atoms with Gasteiger partial charge in [0.05, 0.1) is 22.6 Å². The van der Waals surface area contributed by atoms with E-state index in [1.165, 1.54) is 4.31 Å². The molecule has 6 rings (SSSR count). The quantitative estimate of drug-likeness (QED) is 0.466. The van der Waals surface area contributed by atoms with E-state index in [-0.39, 0.29) is 23.6 Å². The number of aromatic nitrogens is 1. The number of nitrogens with one attached hydrogen (secondary N) is 1. The van der Waals surface area contributed by atoms with Crippen LogP contribution in [0.15, 0.2) is 65.6 Å². The summed E-state index contributed by atoms with van der Waals surface area (Å²) in [6.45, 7) is 1.07. The highest BCUT2D eigenvalue weighted by Crippen LogP contribution is 2.51. The van der Waals surface area contributed by atoms with Crippen LogP contribution in [0.25, 0.3) is 11.3 Å². The van der Waals surface area contributed by atoms with E-state index in [1.54, 1.807) is 37.4 Å². The van der Waals surface area contributed by atoms with E-state index in [0.717, 1.165) is 36.8 Å². The van der Waals surface area contributed by atoms with Gasteiger partial charge in [-0.1, -0.05) is 24.3 Å². The van der Waals surface area contributed by atoms with Gasteiger partial charge in [0.25, 0.3) is 0 Å². The fraction of sp³-hybridized carbons (Fsp3) is 0.357. The number of amides is 1. The van der Waals surface area contributed by atoms with Crippen molar-refractivity contribution >= 4 is 21.7 Å². The predicted octanol–water partition coefficient (Wildman–Crippen LogP) is 3.95. The number of methoxy groups -OCH3 is 1. The van der Waals surface area contributed by atoms with Gasteiger partial charge >= 0.3 is 0 Å². The number of benzene rings is 2.